The second-order valence-corrected chi connectivity index (χ2v) is 6.53. The molecule has 0 unspecified atom stereocenters. The zero-order chi connectivity index (χ0) is 16.4. The predicted octanol–water partition coefficient (Wildman–Crippen LogP) is 3.95. The standard InChI is InChI=1S/C21H15NO2/c22-12-6-8-16-18(10-12)20-14-4-2-1-3-13(14)19(16)17-9-11(21(23)24)5-7-15(17)20/h1-10,19-20H,22H2,(H,23,24)/t19-,20-/m1/s1. The van der Waals surface area contributed by atoms with Gasteiger partial charge in [0, 0.05) is 17.5 Å². The first-order valence-electron chi connectivity index (χ1n) is 8.00. The number of nitrogens with two attached hydrogens (primary N) is 1. The van der Waals surface area contributed by atoms with Crippen LogP contribution < -0.4 is 5.73 Å². The summed E-state index contributed by atoms with van der Waals surface area (Å²) in [5.41, 5.74) is 14.5. The molecule has 24 heavy (non-hydrogen) atoms. The number of aromatic carboxylic acids is 1. The van der Waals surface area contributed by atoms with E-state index in [2.05, 4.69) is 36.4 Å². The summed E-state index contributed by atoms with van der Waals surface area (Å²) in [6.07, 6.45) is 0. The number of benzene rings is 3. The van der Waals surface area contributed by atoms with Gasteiger partial charge in [-0.25, -0.2) is 4.79 Å². The summed E-state index contributed by atoms with van der Waals surface area (Å²) in [6, 6.07) is 20.1. The van der Waals surface area contributed by atoms with Crippen molar-refractivity contribution in [1.82, 2.24) is 0 Å². The number of carbonyl (C=O) groups is 1. The van der Waals surface area contributed by atoms with Crippen LogP contribution >= 0.6 is 0 Å². The van der Waals surface area contributed by atoms with Crippen LogP contribution in [0.4, 0.5) is 5.69 Å². The lowest BCUT2D eigenvalue weighted by atomic mass is 9.61. The molecule has 0 aromatic heterocycles. The highest BCUT2D eigenvalue weighted by atomic mass is 16.4. The number of carboxylic acid groups (broad SMARTS) is 1. The maximum absolute atomic E-state index is 11.4. The van der Waals surface area contributed by atoms with E-state index < -0.39 is 5.97 Å². The van der Waals surface area contributed by atoms with Gasteiger partial charge in [-0.3, -0.25) is 0 Å². The minimum absolute atomic E-state index is 0.0797. The highest BCUT2D eigenvalue weighted by molar-refractivity contribution is 5.88. The van der Waals surface area contributed by atoms with Crippen molar-refractivity contribution in [1.29, 1.82) is 0 Å². The third-order valence-electron chi connectivity index (χ3n) is 5.31. The van der Waals surface area contributed by atoms with Crippen molar-refractivity contribution < 1.29 is 9.90 Å². The Morgan fingerprint density at radius 1 is 0.750 bits per heavy atom. The molecule has 2 atom stereocenters. The number of nitrogen functional groups attached to an aromatic ring is 1. The number of hydrogen-bond donors (Lipinski definition) is 2. The molecule has 3 nitrogen and oxygen atoms in total. The van der Waals surface area contributed by atoms with Crippen molar-refractivity contribution in [2.45, 2.75) is 11.8 Å². The average Bonchev–Trinajstić information content (AvgIpc) is 2.60. The van der Waals surface area contributed by atoms with E-state index in [9.17, 15) is 9.90 Å². The molecular weight excluding hydrogens is 298 g/mol. The van der Waals surface area contributed by atoms with E-state index in [1.807, 2.05) is 18.2 Å². The van der Waals surface area contributed by atoms with Crippen molar-refractivity contribution in [2.75, 3.05) is 5.73 Å². The first kappa shape index (κ1) is 13.4. The first-order valence-corrected chi connectivity index (χ1v) is 8.00. The Kier molecular flexibility index (Phi) is 2.50. The van der Waals surface area contributed by atoms with E-state index >= 15 is 0 Å². The number of rotatable bonds is 1. The quantitative estimate of drug-likeness (QED) is 0.461. The van der Waals surface area contributed by atoms with Gasteiger partial charge >= 0.3 is 5.97 Å². The van der Waals surface area contributed by atoms with Crippen molar-refractivity contribution in [3.63, 3.8) is 0 Å². The molecule has 116 valence electrons. The zero-order valence-corrected chi connectivity index (χ0v) is 12.9. The summed E-state index contributed by atoms with van der Waals surface area (Å²) >= 11 is 0. The molecule has 3 heteroatoms. The fourth-order valence-electron chi connectivity index (χ4n) is 4.37. The molecule has 3 aromatic rings. The van der Waals surface area contributed by atoms with Crippen LogP contribution in [-0.2, 0) is 0 Å². The molecule has 3 aromatic carbocycles. The SMILES string of the molecule is Nc1ccc2c(c1)[C@@H]1c3ccccc3[C@H]2c2cc(C(=O)O)ccc21. The third kappa shape index (κ3) is 1.59. The molecular formula is C21H15NO2. The molecule has 0 amide bonds. The van der Waals surface area contributed by atoms with Crippen molar-refractivity contribution in [3.05, 3.63) is 99.6 Å². The molecule has 3 aliphatic carbocycles. The molecule has 0 radical (unpaired) electrons. The summed E-state index contributed by atoms with van der Waals surface area (Å²) in [4.78, 5) is 11.4. The normalized spacial score (nSPS) is 19.3. The largest absolute Gasteiger partial charge is 0.478 e. The molecule has 0 heterocycles. The van der Waals surface area contributed by atoms with Crippen molar-refractivity contribution in [2.24, 2.45) is 0 Å². The Hall–Kier alpha value is -3.07. The van der Waals surface area contributed by atoms with Gasteiger partial charge in [-0.1, -0.05) is 36.4 Å². The topological polar surface area (TPSA) is 63.3 Å². The fourth-order valence-corrected chi connectivity index (χ4v) is 4.37. The van der Waals surface area contributed by atoms with E-state index in [0.29, 0.717) is 5.56 Å². The molecule has 2 bridgehead atoms. The van der Waals surface area contributed by atoms with E-state index in [1.54, 1.807) is 6.07 Å². The highest BCUT2D eigenvalue weighted by Crippen LogP contribution is 2.55. The summed E-state index contributed by atoms with van der Waals surface area (Å²) in [6.45, 7) is 0. The summed E-state index contributed by atoms with van der Waals surface area (Å²) in [5.74, 6) is -0.677. The van der Waals surface area contributed by atoms with Crippen LogP contribution in [0.2, 0.25) is 0 Å². The van der Waals surface area contributed by atoms with Gasteiger partial charge in [0.05, 0.1) is 5.56 Å². The Morgan fingerprint density at radius 2 is 1.29 bits per heavy atom. The summed E-state index contributed by atoms with van der Waals surface area (Å²) < 4.78 is 0. The van der Waals surface area contributed by atoms with Crippen molar-refractivity contribution >= 4 is 11.7 Å². The van der Waals surface area contributed by atoms with E-state index in [1.165, 1.54) is 27.8 Å². The molecule has 3 N–H and O–H groups in total. The molecule has 0 spiro atoms. The molecule has 3 aliphatic rings. The van der Waals surface area contributed by atoms with Gasteiger partial charge in [0.2, 0.25) is 0 Å². The van der Waals surface area contributed by atoms with E-state index in [-0.39, 0.29) is 11.8 Å². The summed E-state index contributed by atoms with van der Waals surface area (Å²) in [5, 5.41) is 9.37. The van der Waals surface area contributed by atoms with Gasteiger partial charge in [0.1, 0.15) is 0 Å². The zero-order valence-electron chi connectivity index (χ0n) is 12.9. The smallest absolute Gasteiger partial charge is 0.335 e. The Labute approximate surface area is 139 Å². The van der Waals surface area contributed by atoms with E-state index in [0.717, 1.165) is 11.3 Å². The van der Waals surface area contributed by atoms with Crippen LogP contribution in [0.25, 0.3) is 0 Å². The average molecular weight is 313 g/mol. The second kappa shape index (κ2) is 4.48. The number of hydrogen-bond acceptors (Lipinski definition) is 2. The minimum Gasteiger partial charge on any atom is -0.478 e. The Balaban J connectivity index is 1.86. The molecule has 0 saturated carbocycles. The van der Waals surface area contributed by atoms with Crippen LogP contribution in [0.3, 0.4) is 0 Å². The summed E-state index contributed by atoms with van der Waals surface area (Å²) in [7, 11) is 0. The molecule has 6 rings (SSSR count). The first-order chi connectivity index (χ1) is 11.6. The minimum atomic E-state index is -0.884. The van der Waals surface area contributed by atoms with Crippen molar-refractivity contribution in [3.8, 4) is 0 Å². The van der Waals surface area contributed by atoms with Gasteiger partial charge < -0.3 is 10.8 Å². The Morgan fingerprint density at radius 3 is 1.92 bits per heavy atom. The van der Waals surface area contributed by atoms with Gasteiger partial charge in [-0.2, -0.15) is 0 Å². The van der Waals surface area contributed by atoms with Gasteiger partial charge in [-0.15, -0.1) is 0 Å². The maximum Gasteiger partial charge on any atom is 0.335 e. The van der Waals surface area contributed by atoms with Crippen LogP contribution in [0.1, 0.15) is 55.6 Å². The second-order valence-electron chi connectivity index (χ2n) is 6.53. The molecule has 0 saturated heterocycles. The molecule has 0 aliphatic heterocycles. The lowest BCUT2D eigenvalue weighted by Gasteiger charge is -2.42. The predicted molar refractivity (Wildman–Crippen MR) is 92.6 cm³/mol. The van der Waals surface area contributed by atoms with Crippen LogP contribution in [-0.4, -0.2) is 11.1 Å². The lowest BCUT2D eigenvalue weighted by molar-refractivity contribution is 0.0696. The Bertz CT molecular complexity index is 1020. The van der Waals surface area contributed by atoms with Crippen LogP contribution in [0, 0.1) is 0 Å². The van der Waals surface area contributed by atoms with E-state index in [4.69, 9.17) is 5.73 Å². The van der Waals surface area contributed by atoms with Gasteiger partial charge in [-0.05, 0) is 57.6 Å². The lowest BCUT2D eigenvalue weighted by Crippen LogP contribution is -2.28. The maximum atomic E-state index is 11.4. The number of carboxylic acids is 1. The highest BCUT2D eigenvalue weighted by Gasteiger charge is 2.41. The monoisotopic (exact) mass is 313 g/mol. The number of anilines is 1. The molecule has 0 fully saturated rings. The van der Waals surface area contributed by atoms with Gasteiger partial charge in [0.15, 0.2) is 0 Å². The third-order valence-corrected chi connectivity index (χ3v) is 5.31. The van der Waals surface area contributed by atoms with Gasteiger partial charge in [0.25, 0.3) is 0 Å². The van der Waals surface area contributed by atoms with Crippen LogP contribution in [0.5, 0.6) is 0 Å². The fraction of sp³-hybridized carbons (Fsp3) is 0.0952. The van der Waals surface area contributed by atoms with Crippen LogP contribution in [0.15, 0.2) is 60.7 Å².